The molecule has 1 saturated heterocycles. The summed E-state index contributed by atoms with van der Waals surface area (Å²) in [6.07, 6.45) is 3.01. The summed E-state index contributed by atoms with van der Waals surface area (Å²) in [7, 11) is 0. The zero-order chi connectivity index (χ0) is 15.4. The zero-order valence-electron chi connectivity index (χ0n) is 12.0. The Kier molecular flexibility index (Phi) is 4.67. The van der Waals surface area contributed by atoms with Gasteiger partial charge in [0.25, 0.3) is 0 Å². The Morgan fingerprint density at radius 1 is 1.24 bits per heavy atom. The van der Waals surface area contributed by atoms with E-state index in [1.54, 1.807) is 13.0 Å². The van der Waals surface area contributed by atoms with Gasteiger partial charge in [0.15, 0.2) is 11.5 Å². The van der Waals surface area contributed by atoms with Gasteiger partial charge >= 0.3 is 6.03 Å². The fraction of sp³-hybridized carbons (Fsp3) is 0.467. The van der Waals surface area contributed by atoms with E-state index in [4.69, 9.17) is 0 Å². The highest BCUT2D eigenvalue weighted by Crippen LogP contribution is 2.27. The second kappa shape index (κ2) is 6.47. The molecule has 0 spiro atoms. The molecule has 0 aliphatic carbocycles. The molecule has 1 aromatic carbocycles. The van der Waals surface area contributed by atoms with Crippen molar-refractivity contribution in [3.05, 3.63) is 23.8 Å². The minimum Gasteiger partial charge on any atom is -0.504 e. The van der Waals surface area contributed by atoms with Crippen LogP contribution in [0.15, 0.2) is 18.2 Å². The quantitative estimate of drug-likeness (QED) is 0.729. The fourth-order valence-corrected chi connectivity index (χ4v) is 2.35. The molecule has 6 heteroatoms. The molecule has 0 bridgehead atoms. The van der Waals surface area contributed by atoms with Crippen LogP contribution in [0.4, 0.5) is 4.79 Å². The number of hydrogen-bond donors (Lipinski definition) is 3. The van der Waals surface area contributed by atoms with Crippen LogP contribution in [-0.4, -0.2) is 33.6 Å². The van der Waals surface area contributed by atoms with Crippen molar-refractivity contribution in [2.24, 2.45) is 0 Å². The lowest BCUT2D eigenvalue weighted by atomic mass is 10.1. The first-order valence-corrected chi connectivity index (χ1v) is 7.12. The van der Waals surface area contributed by atoms with Gasteiger partial charge in [-0.15, -0.1) is 0 Å². The summed E-state index contributed by atoms with van der Waals surface area (Å²) in [6, 6.07) is 3.58. The number of rotatable bonds is 2. The van der Waals surface area contributed by atoms with Crippen LogP contribution >= 0.6 is 0 Å². The molecule has 2 rings (SSSR count). The Morgan fingerprint density at radius 3 is 2.71 bits per heavy atom. The van der Waals surface area contributed by atoms with Crippen LogP contribution in [0.2, 0.25) is 0 Å². The Bertz CT molecular complexity index is 544. The summed E-state index contributed by atoms with van der Waals surface area (Å²) < 4.78 is 0. The highest BCUT2D eigenvalue weighted by atomic mass is 16.3. The molecule has 1 heterocycles. The van der Waals surface area contributed by atoms with Crippen molar-refractivity contribution in [3.63, 3.8) is 0 Å². The molecule has 0 aromatic heterocycles. The van der Waals surface area contributed by atoms with Gasteiger partial charge in [-0.3, -0.25) is 9.69 Å². The molecule has 1 atom stereocenters. The molecule has 1 aromatic rings. The average Bonchev–Trinajstić information content (AvgIpc) is 2.66. The molecule has 6 nitrogen and oxygen atoms in total. The zero-order valence-corrected chi connectivity index (χ0v) is 12.0. The second-order valence-electron chi connectivity index (χ2n) is 5.28. The predicted octanol–water partition coefficient (Wildman–Crippen LogP) is 2.27. The molecule has 3 amide bonds. The number of benzene rings is 1. The molecular formula is C15H20N2O4. The summed E-state index contributed by atoms with van der Waals surface area (Å²) in [6.45, 7) is 2.20. The van der Waals surface area contributed by atoms with Crippen molar-refractivity contribution in [1.29, 1.82) is 0 Å². The summed E-state index contributed by atoms with van der Waals surface area (Å²) in [5, 5.41) is 21.5. The first-order valence-electron chi connectivity index (χ1n) is 7.12. The van der Waals surface area contributed by atoms with E-state index in [-0.39, 0.29) is 23.4 Å². The number of phenols is 2. The monoisotopic (exact) mass is 292 g/mol. The Hall–Kier alpha value is -2.24. The molecule has 21 heavy (non-hydrogen) atoms. The van der Waals surface area contributed by atoms with Crippen molar-refractivity contribution in [2.45, 2.75) is 38.6 Å². The van der Waals surface area contributed by atoms with E-state index in [0.717, 1.165) is 19.3 Å². The van der Waals surface area contributed by atoms with Crippen molar-refractivity contribution in [3.8, 4) is 11.5 Å². The van der Waals surface area contributed by atoms with Crippen molar-refractivity contribution < 1.29 is 19.8 Å². The second-order valence-corrected chi connectivity index (χ2v) is 5.28. The molecule has 1 unspecified atom stereocenters. The molecule has 3 N–H and O–H groups in total. The molecule has 114 valence electrons. The van der Waals surface area contributed by atoms with E-state index >= 15 is 0 Å². The van der Waals surface area contributed by atoms with Crippen LogP contribution < -0.4 is 5.32 Å². The number of amides is 3. The lowest BCUT2D eigenvalue weighted by molar-refractivity contribution is -0.127. The predicted molar refractivity (Wildman–Crippen MR) is 76.9 cm³/mol. The Balaban J connectivity index is 2.03. The van der Waals surface area contributed by atoms with Crippen LogP contribution in [0.5, 0.6) is 11.5 Å². The number of nitrogens with zero attached hydrogens (tertiary/aromatic N) is 1. The summed E-state index contributed by atoms with van der Waals surface area (Å²) in [5.41, 5.74) is 0.654. The standard InChI is InChI=1S/C15H20N2O4/c1-10(11-6-7-12(18)13(19)9-11)16-15(21)17-8-4-2-3-5-14(17)20/h6-7,9-10,18-19H,2-5,8H2,1H3,(H,16,21). The van der Waals surface area contributed by atoms with Gasteiger partial charge in [-0.05, 0) is 37.5 Å². The van der Waals surface area contributed by atoms with E-state index in [1.807, 2.05) is 0 Å². The van der Waals surface area contributed by atoms with Gasteiger partial charge in [0.2, 0.25) is 5.91 Å². The van der Waals surface area contributed by atoms with Crippen LogP contribution in [0, 0.1) is 0 Å². The maximum atomic E-state index is 12.2. The van der Waals surface area contributed by atoms with Crippen LogP contribution in [0.1, 0.15) is 44.2 Å². The van der Waals surface area contributed by atoms with Gasteiger partial charge in [0.1, 0.15) is 0 Å². The third-order valence-electron chi connectivity index (χ3n) is 3.66. The van der Waals surface area contributed by atoms with Gasteiger partial charge in [-0.1, -0.05) is 12.5 Å². The average molecular weight is 292 g/mol. The van der Waals surface area contributed by atoms with E-state index in [2.05, 4.69) is 5.32 Å². The molecule has 0 saturated carbocycles. The van der Waals surface area contributed by atoms with Crippen molar-refractivity contribution >= 4 is 11.9 Å². The summed E-state index contributed by atoms with van der Waals surface area (Å²) in [5.74, 6) is -0.592. The minimum absolute atomic E-state index is 0.147. The number of aromatic hydroxyl groups is 2. The highest BCUT2D eigenvalue weighted by Gasteiger charge is 2.24. The smallest absolute Gasteiger partial charge is 0.324 e. The Morgan fingerprint density at radius 2 is 2.00 bits per heavy atom. The van der Waals surface area contributed by atoms with Crippen LogP contribution in [0.3, 0.4) is 0 Å². The normalized spacial score (nSPS) is 17.2. The Labute approximate surface area is 123 Å². The third kappa shape index (κ3) is 3.65. The van der Waals surface area contributed by atoms with E-state index in [1.165, 1.54) is 17.0 Å². The highest BCUT2D eigenvalue weighted by molar-refractivity contribution is 5.94. The number of carbonyl (C=O) groups excluding carboxylic acids is 2. The summed E-state index contributed by atoms with van der Waals surface area (Å²) in [4.78, 5) is 25.3. The maximum absolute atomic E-state index is 12.2. The number of urea groups is 1. The topological polar surface area (TPSA) is 89.9 Å². The largest absolute Gasteiger partial charge is 0.504 e. The van der Waals surface area contributed by atoms with Crippen LogP contribution in [0.25, 0.3) is 0 Å². The fourth-order valence-electron chi connectivity index (χ4n) is 2.35. The van der Waals surface area contributed by atoms with Crippen molar-refractivity contribution in [2.75, 3.05) is 6.54 Å². The number of likely N-dealkylation sites (tertiary alicyclic amines) is 1. The SMILES string of the molecule is CC(NC(=O)N1CCCCCC1=O)c1ccc(O)c(O)c1. The number of phenolic OH excluding ortho intramolecular Hbond substituents is 2. The van der Waals surface area contributed by atoms with Gasteiger partial charge < -0.3 is 15.5 Å². The first kappa shape index (κ1) is 15.2. The van der Waals surface area contributed by atoms with Gasteiger partial charge in [-0.2, -0.15) is 0 Å². The molecule has 1 fully saturated rings. The van der Waals surface area contributed by atoms with Gasteiger partial charge in [0, 0.05) is 13.0 Å². The number of hydrogen-bond acceptors (Lipinski definition) is 4. The molecular weight excluding hydrogens is 272 g/mol. The number of imide groups is 1. The molecule has 1 aliphatic heterocycles. The summed E-state index contributed by atoms with van der Waals surface area (Å²) >= 11 is 0. The van der Waals surface area contributed by atoms with Crippen LogP contribution in [-0.2, 0) is 4.79 Å². The number of nitrogens with one attached hydrogen (secondary N) is 1. The molecule has 1 aliphatic rings. The number of carbonyl (C=O) groups is 2. The minimum atomic E-state index is -0.415. The van der Waals surface area contributed by atoms with Crippen molar-refractivity contribution in [1.82, 2.24) is 10.2 Å². The first-order chi connectivity index (χ1) is 9.99. The molecule has 0 radical (unpaired) electrons. The maximum Gasteiger partial charge on any atom is 0.324 e. The van der Waals surface area contributed by atoms with E-state index in [0.29, 0.717) is 18.5 Å². The van der Waals surface area contributed by atoms with E-state index < -0.39 is 6.03 Å². The lowest BCUT2D eigenvalue weighted by Crippen LogP contribution is -2.44. The van der Waals surface area contributed by atoms with Gasteiger partial charge in [0.05, 0.1) is 6.04 Å². The van der Waals surface area contributed by atoms with E-state index in [9.17, 15) is 19.8 Å². The lowest BCUT2D eigenvalue weighted by Gasteiger charge is -2.22. The third-order valence-corrected chi connectivity index (χ3v) is 3.66. The van der Waals surface area contributed by atoms with Gasteiger partial charge in [-0.25, -0.2) is 4.79 Å².